The highest BCUT2D eigenvalue weighted by Crippen LogP contribution is 2.19. The SMILES string of the molecule is CC(N)c1nc(CN2CCN(C(C)(C)C)CC2)cs1. The molecule has 1 unspecified atom stereocenters. The Morgan fingerprint density at radius 3 is 2.42 bits per heavy atom. The van der Waals surface area contributed by atoms with Gasteiger partial charge in [-0.3, -0.25) is 9.80 Å². The van der Waals surface area contributed by atoms with E-state index >= 15 is 0 Å². The molecule has 1 atom stereocenters. The summed E-state index contributed by atoms with van der Waals surface area (Å²) in [6.45, 7) is 14.4. The summed E-state index contributed by atoms with van der Waals surface area (Å²) in [5, 5.41) is 3.19. The third kappa shape index (κ3) is 3.99. The summed E-state index contributed by atoms with van der Waals surface area (Å²) in [6.07, 6.45) is 0. The Bertz CT molecular complexity index is 400. The van der Waals surface area contributed by atoms with E-state index in [0.717, 1.165) is 37.7 Å². The molecule has 1 saturated heterocycles. The van der Waals surface area contributed by atoms with Crippen molar-refractivity contribution in [1.82, 2.24) is 14.8 Å². The van der Waals surface area contributed by atoms with Gasteiger partial charge in [0.05, 0.1) is 11.7 Å². The predicted molar refractivity (Wildman–Crippen MR) is 81.3 cm³/mol. The minimum atomic E-state index is 0.0523. The lowest BCUT2D eigenvalue weighted by Crippen LogP contribution is -2.53. The molecule has 2 N–H and O–H groups in total. The molecule has 0 spiro atoms. The van der Waals surface area contributed by atoms with Gasteiger partial charge in [-0.1, -0.05) is 0 Å². The van der Waals surface area contributed by atoms with E-state index < -0.39 is 0 Å². The maximum absolute atomic E-state index is 5.85. The van der Waals surface area contributed by atoms with Crippen molar-refractivity contribution in [2.45, 2.75) is 45.8 Å². The predicted octanol–water partition coefficient (Wildman–Crippen LogP) is 2.08. The second-order valence-electron chi connectivity index (χ2n) is 6.40. The highest BCUT2D eigenvalue weighted by atomic mass is 32.1. The number of nitrogens with two attached hydrogens (primary N) is 1. The van der Waals surface area contributed by atoms with Crippen LogP contribution < -0.4 is 5.73 Å². The van der Waals surface area contributed by atoms with Gasteiger partial charge in [0.15, 0.2) is 0 Å². The van der Waals surface area contributed by atoms with Crippen molar-refractivity contribution in [2.24, 2.45) is 5.73 Å². The lowest BCUT2D eigenvalue weighted by atomic mass is 10.0. The molecule has 0 radical (unpaired) electrons. The van der Waals surface area contributed by atoms with Crippen LogP contribution in [0.5, 0.6) is 0 Å². The normalized spacial score (nSPS) is 20.7. The van der Waals surface area contributed by atoms with E-state index in [2.05, 4.69) is 40.9 Å². The van der Waals surface area contributed by atoms with E-state index in [1.165, 1.54) is 5.69 Å². The van der Waals surface area contributed by atoms with Crippen LogP contribution in [0.1, 0.15) is 44.4 Å². The molecule has 5 heteroatoms. The number of hydrogen-bond donors (Lipinski definition) is 1. The Labute approximate surface area is 120 Å². The van der Waals surface area contributed by atoms with Crippen molar-refractivity contribution < 1.29 is 0 Å². The highest BCUT2D eigenvalue weighted by Gasteiger charge is 2.25. The number of rotatable bonds is 3. The lowest BCUT2D eigenvalue weighted by molar-refractivity contribution is 0.0586. The van der Waals surface area contributed by atoms with Crippen LogP contribution in [-0.4, -0.2) is 46.5 Å². The molecule has 1 aliphatic heterocycles. The molecular formula is C14H26N4S. The van der Waals surface area contributed by atoms with E-state index in [4.69, 9.17) is 5.73 Å². The first-order valence-corrected chi connectivity index (χ1v) is 7.91. The van der Waals surface area contributed by atoms with E-state index in [1.54, 1.807) is 11.3 Å². The van der Waals surface area contributed by atoms with Crippen molar-refractivity contribution in [2.75, 3.05) is 26.2 Å². The summed E-state index contributed by atoms with van der Waals surface area (Å²) in [5.74, 6) is 0. The molecule has 4 nitrogen and oxygen atoms in total. The molecule has 2 rings (SSSR count). The van der Waals surface area contributed by atoms with Gasteiger partial charge in [-0.25, -0.2) is 4.98 Å². The third-order valence-corrected chi connectivity index (χ3v) is 4.76. The lowest BCUT2D eigenvalue weighted by Gasteiger charge is -2.42. The zero-order chi connectivity index (χ0) is 14.0. The second-order valence-corrected chi connectivity index (χ2v) is 7.29. The average Bonchev–Trinajstić information content (AvgIpc) is 2.77. The number of nitrogens with zero attached hydrogens (tertiary/aromatic N) is 3. The largest absolute Gasteiger partial charge is 0.322 e. The van der Waals surface area contributed by atoms with Gasteiger partial charge in [0, 0.05) is 43.6 Å². The Balaban J connectivity index is 1.85. The Hall–Kier alpha value is -0.490. The van der Waals surface area contributed by atoms with Gasteiger partial charge in [0.2, 0.25) is 0 Å². The maximum atomic E-state index is 5.85. The zero-order valence-corrected chi connectivity index (χ0v) is 13.3. The average molecular weight is 282 g/mol. The van der Waals surface area contributed by atoms with Crippen LogP contribution >= 0.6 is 11.3 Å². The third-order valence-electron chi connectivity index (χ3n) is 3.67. The summed E-state index contributed by atoms with van der Waals surface area (Å²) in [6, 6.07) is 0.0523. The fraction of sp³-hybridized carbons (Fsp3) is 0.786. The van der Waals surface area contributed by atoms with Crippen molar-refractivity contribution in [1.29, 1.82) is 0 Å². The second kappa shape index (κ2) is 5.87. The van der Waals surface area contributed by atoms with Crippen molar-refractivity contribution in [3.05, 3.63) is 16.1 Å². The smallest absolute Gasteiger partial charge is 0.109 e. The van der Waals surface area contributed by atoms with Gasteiger partial charge in [0.1, 0.15) is 5.01 Å². The zero-order valence-electron chi connectivity index (χ0n) is 12.5. The fourth-order valence-corrected chi connectivity index (χ4v) is 3.18. The van der Waals surface area contributed by atoms with Crippen LogP contribution in [0.15, 0.2) is 5.38 Å². The van der Waals surface area contributed by atoms with Gasteiger partial charge in [-0.15, -0.1) is 11.3 Å². The molecule has 19 heavy (non-hydrogen) atoms. The maximum Gasteiger partial charge on any atom is 0.109 e. The topological polar surface area (TPSA) is 45.4 Å². The van der Waals surface area contributed by atoms with Gasteiger partial charge in [0.25, 0.3) is 0 Å². The van der Waals surface area contributed by atoms with Crippen molar-refractivity contribution in [3.63, 3.8) is 0 Å². The van der Waals surface area contributed by atoms with Gasteiger partial charge < -0.3 is 5.73 Å². The van der Waals surface area contributed by atoms with Gasteiger partial charge >= 0.3 is 0 Å². The molecule has 1 aliphatic rings. The van der Waals surface area contributed by atoms with Crippen LogP contribution in [0.2, 0.25) is 0 Å². The van der Waals surface area contributed by atoms with Crippen LogP contribution in [0.4, 0.5) is 0 Å². The van der Waals surface area contributed by atoms with Crippen LogP contribution in [0.25, 0.3) is 0 Å². The number of piperazine rings is 1. The van der Waals surface area contributed by atoms with E-state index in [0.29, 0.717) is 0 Å². The summed E-state index contributed by atoms with van der Waals surface area (Å²) < 4.78 is 0. The number of aromatic nitrogens is 1. The monoisotopic (exact) mass is 282 g/mol. The minimum absolute atomic E-state index is 0.0523. The van der Waals surface area contributed by atoms with Crippen LogP contribution in [0, 0.1) is 0 Å². The highest BCUT2D eigenvalue weighted by molar-refractivity contribution is 7.09. The van der Waals surface area contributed by atoms with Crippen LogP contribution in [-0.2, 0) is 6.54 Å². The molecule has 1 aromatic rings. The molecule has 0 amide bonds. The molecule has 0 aromatic carbocycles. The summed E-state index contributed by atoms with van der Waals surface area (Å²) in [5.41, 5.74) is 7.31. The molecule has 0 bridgehead atoms. The Morgan fingerprint density at radius 1 is 1.32 bits per heavy atom. The van der Waals surface area contributed by atoms with E-state index in [-0.39, 0.29) is 11.6 Å². The minimum Gasteiger partial charge on any atom is -0.322 e. The van der Waals surface area contributed by atoms with E-state index in [9.17, 15) is 0 Å². The molecular weight excluding hydrogens is 256 g/mol. The van der Waals surface area contributed by atoms with Crippen molar-refractivity contribution >= 4 is 11.3 Å². The van der Waals surface area contributed by atoms with Crippen molar-refractivity contribution in [3.8, 4) is 0 Å². The quantitative estimate of drug-likeness (QED) is 0.922. The summed E-state index contributed by atoms with van der Waals surface area (Å²) >= 11 is 1.68. The first-order valence-electron chi connectivity index (χ1n) is 7.03. The fourth-order valence-electron chi connectivity index (χ4n) is 2.41. The number of thiazole rings is 1. The Kier molecular flexibility index (Phi) is 4.61. The van der Waals surface area contributed by atoms with E-state index in [1.807, 2.05) is 6.92 Å². The molecule has 1 fully saturated rings. The first kappa shape index (κ1) is 14.9. The summed E-state index contributed by atoms with van der Waals surface area (Å²) in [4.78, 5) is 9.65. The Morgan fingerprint density at radius 2 is 1.95 bits per heavy atom. The molecule has 1 aromatic heterocycles. The first-order chi connectivity index (χ1) is 8.86. The molecule has 108 valence electrons. The van der Waals surface area contributed by atoms with Gasteiger partial charge in [-0.05, 0) is 27.7 Å². The van der Waals surface area contributed by atoms with Crippen LogP contribution in [0.3, 0.4) is 0 Å². The summed E-state index contributed by atoms with van der Waals surface area (Å²) in [7, 11) is 0. The van der Waals surface area contributed by atoms with Gasteiger partial charge in [-0.2, -0.15) is 0 Å². The molecule has 0 aliphatic carbocycles. The number of hydrogen-bond acceptors (Lipinski definition) is 5. The standard InChI is InChI=1S/C14H26N4S/c1-11(15)13-16-12(10-19-13)9-17-5-7-18(8-6-17)14(2,3)4/h10-11H,5-9,15H2,1-4H3. The molecule has 0 saturated carbocycles. The molecule has 2 heterocycles.